The summed E-state index contributed by atoms with van der Waals surface area (Å²) in [6, 6.07) is 13.5. The highest BCUT2D eigenvalue weighted by atomic mass is 16.6. The number of nitrogens with one attached hydrogen (secondary N) is 1. The summed E-state index contributed by atoms with van der Waals surface area (Å²) >= 11 is 0. The molecule has 2 aliphatic heterocycles. The Hall–Kier alpha value is -4.21. The molecule has 10 heteroatoms. The van der Waals surface area contributed by atoms with Gasteiger partial charge in [-0.15, -0.1) is 0 Å². The van der Waals surface area contributed by atoms with Gasteiger partial charge in [0.1, 0.15) is 12.6 Å². The van der Waals surface area contributed by atoms with Crippen LogP contribution in [-0.4, -0.2) is 60.9 Å². The lowest BCUT2D eigenvalue weighted by atomic mass is 10.1. The van der Waals surface area contributed by atoms with E-state index in [2.05, 4.69) is 5.32 Å². The van der Waals surface area contributed by atoms with Crippen molar-refractivity contribution in [2.24, 2.45) is 0 Å². The molecule has 2 heterocycles. The first-order valence-electron chi connectivity index (χ1n) is 12.2. The van der Waals surface area contributed by atoms with Crippen LogP contribution in [-0.2, 0) is 36.9 Å². The van der Waals surface area contributed by atoms with Crippen LogP contribution in [0.25, 0.3) is 0 Å². The Kier molecular flexibility index (Phi) is 8.17. The number of carbonyl (C=O) groups is 5. The second-order valence-electron chi connectivity index (χ2n) is 8.92. The molecule has 1 atom stereocenters. The molecular formula is C27H29N3O7. The number of anilines is 1. The Morgan fingerprint density at radius 2 is 1.73 bits per heavy atom. The molecule has 1 saturated heterocycles. The molecule has 2 aromatic carbocycles. The molecular weight excluding hydrogens is 478 g/mol. The molecule has 10 nitrogen and oxygen atoms in total. The molecule has 0 bridgehead atoms. The number of ether oxygens (including phenoxy) is 2. The van der Waals surface area contributed by atoms with Crippen molar-refractivity contribution in [3.63, 3.8) is 0 Å². The Morgan fingerprint density at radius 3 is 2.43 bits per heavy atom. The molecule has 0 aromatic heterocycles. The Balaban J connectivity index is 1.35. The zero-order valence-electron chi connectivity index (χ0n) is 20.6. The number of esters is 1. The number of rotatable bonds is 9. The van der Waals surface area contributed by atoms with Crippen molar-refractivity contribution in [1.29, 1.82) is 0 Å². The second kappa shape index (κ2) is 11.7. The molecule has 0 saturated carbocycles. The zero-order chi connectivity index (χ0) is 26.4. The van der Waals surface area contributed by atoms with E-state index in [-0.39, 0.29) is 44.2 Å². The summed E-state index contributed by atoms with van der Waals surface area (Å²) in [5.74, 6) is -1.52. The largest absolute Gasteiger partial charge is 0.467 e. The van der Waals surface area contributed by atoms with Gasteiger partial charge < -0.3 is 14.8 Å². The van der Waals surface area contributed by atoms with Gasteiger partial charge in [0.05, 0.1) is 12.8 Å². The summed E-state index contributed by atoms with van der Waals surface area (Å²) in [4.78, 5) is 64.1. The average Bonchev–Trinajstić information content (AvgIpc) is 3.49. The first kappa shape index (κ1) is 25.9. The predicted octanol–water partition coefficient (Wildman–Crippen LogP) is 2.59. The van der Waals surface area contributed by atoms with Gasteiger partial charge in [-0.25, -0.2) is 9.59 Å². The molecule has 2 aromatic rings. The van der Waals surface area contributed by atoms with E-state index in [0.29, 0.717) is 30.6 Å². The lowest BCUT2D eigenvalue weighted by Gasteiger charge is -2.19. The van der Waals surface area contributed by atoms with Crippen molar-refractivity contribution < 1.29 is 33.4 Å². The van der Waals surface area contributed by atoms with Crippen molar-refractivity contribution in [2.75, 3.05) is 25.1 Å². The van der Waals surface area contributed by atoms with Crippen LogP contribution in [0, 0.1) is 0 Å². The molecule has 1 N–H and O–H groups in total. The quantitative estimate of drug-likeness (QED) is 0.409. The molecule has 194 valence electrons. The topological polar surface area (TPSA) is 122 Å². The minimum absolute atomic E-state index is 0.168. The number of carbonyl (C=O) groups excluding carboxylic acids is 5. The van der Waals surface area contributed by atoms with Gasteiger partial charge in [0.15, 0.2) is 0 Å². The maximum Gasteiger partial charge on any atom is 0.414 e. The van der Waals surface area contributed by atoms with Gasteiger partial charge in [-0.05, 0) is 48.6 Å². The monoisotopic (exact) mass is 507 g/mol. The van der Waals surface area contributed by atoms with Crippen LogP contribution in [0.1, 0.15) is 47.2 Å². The van der Waals surface area contributed by atoms with Crippen molar-refractivity contribution in [1.82, 2.24) is 10.2 Å². The SMILES string of the molecule is COC(=O)[C@H](CCCN1C(=O)CCC1=O)NC(=O)c1ccc2c(c1)CCN2C(=O)OCc1ccccc1. The molecule has 0 aliphatic carbocycles. The van der Waals surface area contributed by atoms with Gasteiger partial charge in [0, 0.05) is 31.5 Å². The Labute approximate surface area is 214 Å². The van der Waals surface area contributed by atoms with Crippen molar-refractivity contribution in [2.45, 2.75) is 44.8 Å². The van der Waals surface area contributed by atoms with Gasteiger partial charge in [-0.2, -0.15) is 0 Å². The molecule has 4 rings (SSSR count). The molecule has 0 unspecified atom stereocenters. The number of nitrogens with zero attached hydrogens (tertiary/aromatic N) is 2. The number of amides is 4. The Bertz CT molecular complexity index is 1180. The number of hydrogen-bond donors (Lipinski definition) is 1. The van der Waals surface area contributed by atoms with Gasteiger partial charge >= 0.3 is 12.1 Å². The second-order valence-corrected chi connectivity index (χ2v) is 8.92. The van der Waals surface area contributed by atoms with Crippen molar-refractivity contribution >= 4 is 35.5 Å². The van der Waals surface area contributed by atoms with E-state index in [0.717, 1.165) is 11.1 Å². The van der Waals surface area contributed by atoms with Crippen LogP contribution in [0.2, 0.25) is 0 Å². The molecule has 0 spiro atoms. The molecule has 0 radical (unpaired) electrons. The number of benzene rings is 2. The number of fused-ring (bicyclic) bond motifs is 1. The third-order valence-corrected chi connectivity index (χ3v) is 6.48. The molecule has 2 aliphatic rings. The third-order valence-electron chi connectivity index (χ3n) is 6.48. The Morgan fingerprint density at radius 1 is 1.00 bits per heavy atom. The summed E-state index contributed by atoms with van der Waals surface area (Å²) in [6.07, 6.45) is 1.08. The summed E-state index contributed by atoms with van der Waals surface area (Å²) in [6.45, 7) is 0.795. The van der Waals surface area contributed by atoms with Crippen LogP contribution in [0.5, 0.6) is 0 Å². The molecule has 4 amide bonds. The van der Waals surface area contributed by atoms with E-state index in [4.69, 9.17) is 9.47 Å². The van der Waals surface area contributed by atoms with E-state index in [1.54, 1.807) is 18.2 Å². The standard InChI is InChI=1S/C27H29N3O7/c1-36-26(34)21(8-5-14-30-23(31)11-12-24(30)32)28-25(33)20-9-10-22-19(16-20)13-15-29(22)27(35)37-17-18-6-3-2-4-7-18/h2-4,6-7,9-10,16,21H,5,8,11-15,17H2,1H3,(H,28,33)/t21-/m0/s1. The van der Waals surface area contributed by atoms with E-state index >= 15 is 0 Å². The van der Waals surface area contributed by atoms with E-state index in [1.807, 2.05) is 30.3 Å². The lowest BCUT2D eigenvalue weighted by Crippen LogP contribution is -2.42. The summed E-state index contributed by atoms with van der Waals surface area (Å²) in [7, 11) is 1.23. The smallest absolute Gasteiger partial charge is 0.414 e. The fourth-order valence-electron chi connectivity index (χ4n) is 4.49. The fourth-order valence-corrected chi connectivity index (χ4v) is 4.49. The van der Waals surface area contributed by atoms with Gasteiger partial charge in [-0.3, -0.25) is 24.2 Å². The maximum absolute atomic E-state index is 12.9. The van der Waals surface area contributed by atoms with Crippen LogP contribution < -0.4 is 10.2 Å². The fraction of sp³-hybridized carbons (Fsp3) is 0.370. The van der Waals surface area contributed by atoms with Crippen LogP contribution in [0.4, 0.5) is 10.5 Å². The van der Waals surface area contributed by atoms with Crippen LogP contribution in [0.15, 0.2) is 48.5 Å². The highest BCUT2D eigenvalue weighted by molar-refractivity contribution is 6.02. The number of hydrogen-bond acceptors (Lipinski definition) is 7. The number of likely N-dealkylation sites (tertiary alicyclic amines) is 1. The van der Waals surface area contributed by atoms with Crippen LogP contribution in [0.3, 0.4) is 0 Å². The average molecular weight is 508 g/mol. The van der Waals surface area contributed by atoms with E-state index in [9.17, 15) is 24.0 Å². The lowest BCUT2D eigenvalue weighted by molar-refractivity contribution is -0.143. The van der Waals surface area contributed by atoms with E-state index in [1.165, 1.54) is 16.9 Å². The molecule has 37 heavy (non-hydrogen) atoms. The maximum atomic E-state index is 12.9. The highest BCUT2D eigenvalue weighted by Crippen LogP contribution is 2.29. The first-order chi connectivity index (χ1) is 17.9. The zero-order valence-corrected chi connectivity index (χ0v) is 20.6. The van der Waals surface area contributed by atoms with Crippen LogP contribution >= 0.6 is 0 Å². The van der Waals surface area contributed by atoms with Gasteiger partial charge in [0.25, 0.3) is 5.91 Å². The summed E-state index contributed by atoms with van der Waals surface area (Å²) < 4.78 is 10.3. The van der Waals surface area contributed by atoms with Crippen molar-refractivity contribution in [3.05, 3.63) is 65.2 Å². The predicted molar refractivity (Wildman–Crippen MR) is 133 cm³/mol. The van der Waals surface area contributed by atoms with Crippen molar-refractivity contribution in [3.8, 4) is 0 Å². The highest BCUT2D eigenvalue weighted by Gasteiger charge is 2.30. The van der Waals surface area contributed by atoms with Gasteiger partial charge in [0.2, 0.25) is 11.8 Å². The normalized spacial score (nSPS) is 15.4. The number of methoxy groups -OCH3 is 1. The summed E-state index contributed by atoms with van der Waals surface area (Å²) in [5, 5.41) is 2.69. The first-order valence-corrected chi connectivity index (χ1v) is 12.2. The van der Waals surface area contributed by atoms with Gasteiger partial charge in [-0.1, -0.05) is 30.3 Å². The minimum atomic E-state index is -0.928. The third kappa shape index (κ3) is 6.14. The minimum Gasteiger partial charge on any atom is -0.467 e. The summed E-state index contributed by atoms with van der Waals surface area (Å²) in [5.41, 5.74) is 2.74. The molecule has 1 fully saturated rings. The van der Waals surface area contributed by atoms with E-state index < -0.39 is 24.0 Å². The number of imide groups is 1.